The molecule has 1 atom stereocenters. The molecule has 2 aromatic rings. The molecule has 0 fully saturated rings. The van der Waals surface area contributed by atoms with Crippen molar-refractivity contribution in [2.45, 2.75) is 18.6 Å². The van der Waals surface area contributed by atoms with Gasteiger partial charge in [0.2, 0.25) is 0 Å². The van der Waals surface area contributed by atoms with Crippen molar-refractivity contribution in [3.63, 3.8) is 0 Å². The van der Waals surface area contributed by atoms with Crippen LogP contribution in [0.25, 0.3) is 0 Å². The number of halogens is 3. The number of ether oxygens (including phenoxy) is 4. The minimum absolute atomic E-state index is 0.211. The van der Waals surface area contributed by atoms with Crippen LogP contribution in [0.4, 0.5) is 13.2 Å². The number of benzene rings is 2. The largest absolute Gasteiger partial charge is 0.493 e. The summed E-state index contributed by atoms with van der Waals surface area (Å²) >= 11 is 0. The fourth-order valence-electron chi connectivity index (χ4n) is 2.78. The van der Waals surface area contributed by atoms with Gasteiger partial charge in [0, 0.05) is 0 Å². The Morgan fingerprint density at radius 2 is 1.65 bits per heavy atom. The second kappa shape index (κ2) is 10.6. The van der Waals surface area contributed by atoms with Gasteiger partial charge in [0.25, 0.3) is 5.91 Å². The molecule has 0 heterocycles. The molecule has 0 aliphatic carbocycles. The first-order valence-electron chi connectivity index (χ1n) is 9.06. The van der Waals surface area contributed by atoms with E-state index in [9.17, 15) is 22.8 Å². The summed E-state index contributed by atoms with van der Waals surface area (Å²) in [6.07, 6.45) is -4.84. The highest BCUT2D eigenvalue weighted by Gasteiger charge is 2.34. The number of nitrogens with one attached hydrogen (secondary N) is 1. The molecule has 2 rings (SSSR count). The lowest BCUT2D eigenvalue weighted by atomic mass is 10.0. The van der Waals surface area contributed by atoms with Gasteiger partial charge < -0.3 is 24.3 Å². The number of alkyl halides is 3. The molecular formula is C21H22F3NO6. The summed E-state index contributed by atoms with van der Waals surface area (Å²) in [5, 5.41) is 2.57. The second-order valence-electron chi connectivity index (χ2n) is 6.30. The fraction of sp³-hybridized carbons (Fsp3) is 0.333. The monoisotopic (exact) mass is 441 g/mol. The van der Waals surface area contributed by atoms with Gasteiger partial charge >= 0.3 is 12.1 Å². The molecule has 0 saturated heterocycles. The maximum Gasteiger partial charge on any atom is 0.419 e. The standard InChI is InChI=1S/C21H22F3NO6/c1-28-17-9-8-13(10-18(17)29-2)15(11-20(27)30-3)25-19(26)12-31-16-7-5-4-6-14(16)21(22,23)24/h4-10,15H,11-12H2,1-3H3,(H,25,26). The number of methoxy groups -OCH3 is 3. The summed E-state index contributed by atoms with van der Waals surface area (Å²) < 4.78 is 59.3. The third-order valence-corrected chi connectivity index (χ3v) is 4.29. The Kier molecular flexibility index (Phi) is 8.12. The Labute approximate surface area is 177 Å². The van der Waals surface area contributed by atoms with Crippen LogP contribution in [-0.2, 0) is 20.5 Å². The number of amides is 1. The summed E-state index contributed by atoms with van der Waals surface area (Å²) in [5.74, 6) is -0.967. The Balaban J connectivity index is 2.17. The van der Waals surface area contributed by atoms with Crippen LogP contribution in [0.3, 0.4) is 0 Å². The van der Waals surface area contributed by atoms with Gasteiger partial charge in [0.1, 0.15) is 5.75 Å². The molecule has 10 heteroatoms. The number of carbonyl (C=O) groups excluding carboxylic acids is 2. The Morgan fingerprint density at radius 1 is 0.968 bits per heavy atom. The number of rotatable bonds is 9. The average Bonchev–Trinajstić information content (AvgIpc) is 2.76. The van der Waals surface area contributed by atoms with Crippen molar-refractivity contribution in [3.05, 3.63) is 53.6 Å². The van der Waals surface area contributed by atoms with Crippen LogP contribution in [0.5, 0.6) is 17.2 Å². The van der Waals surface area contributed by atoms with Gasteiger partial charge in [-0.05, 0) is 29.8 Å². The second-order valence-corrected chi connectivity index (χ2v) is 6.30. The predicted molar refractivity (Wildman–Crippen MR) is 104 cm³/mol. The molecule has 0 saturated carbocycles. The Bertz CT molecular complexity index is 916. The maximum atomic E-state index is 13.1. The number of para-hydroxylation sites is 1. The molecule has 0 spiro atoms. The van der Waals surface area contributed by atoms with Crippen molar-refractivity contribution in [2.24, 2.45) is 0 Å². The number of hydrogen-bond donors (Lipinski definition) is 1. The van der Waals surface area contributed by atoms with Crippen molar-refractivity contribution in [3.8, 4) is 17.2 Å². The van der Waals surface area contributed by atoms with Gasteiger partial charge in [-0.2, -0.15) is 13.2 Å². The van der Waals surface area contributed by atoms with E-state index in [4.69, 9.17) is 14.2 Å². The number of esters is 1. The molecule has 1 unspecified atom stereocenters. The summed E-state index contributed by atoms with van der Waals surface area (Å²) in [6.45, 7) is -0.682. The van der Waals surface area contributed by atoms with Crippen LogP contribution < -0.4 is 19.5 Å². The molecule has 7 nitrogen and oxygen atoms in total. The van der Waals surface area contributed by atoms with E-state index in [0.717, 1.165) is 12.1 Å². The van der Waals surface area contributed by atoms with Gasteiger partial charge in [-0.3, -0.25) is 9.59 Å². The molecule has 31 heavy (non-hydrogen) atoms. The highest BCUT2D eigenvalue weighted by atomic mass is 19.4. The van der Waals surface area contributed by atoms with Crippen molar-refractivity contribution in [2.75, 3.05) is 27.9 Å². The molecule has 1 N–H and O–H groups in total. The van der Waals surface area contributed by atoms with Gasteiger partial charge in [-0.15, -0.1) is 0 Å². The SMILES string of the molecule is COC(=O)CC(NC(=O)COc1ccccc1C(F)(F)F)c1ccc(OC)c(OC)c1. The molecule has 1 amide bonds. The Hall–Kier alpha value is -3.43. The van der Waals surface area contributed by atoms with E-state index < -0.39 is 42.0 Å². The molecule has 168 valence electrons. The van der Waals surface area contributed by atoms with E-state index in [1.54, 1.807) is 18.2 Å². The first-order valence-corrected chi connectivity index (χ1v) is 9.06. The Morgan fingerprint density at radius 3 is 2.26 bits per heavy atom. The zero-order chi connectivity index (χ0) is 23.0. The van der Waals surface area contributed by atoms with Crippen LogP contribution in [0.2, 0.25) is 0 Å². The summed E-state index contributed by atoms with van der Waals surface area (Å²) in [6, 6.07) is 8.53. The van der Waals surface area contributed by atoms with Gasteiger partial charge in [0.15, 0.2) is 18.1 Å². The van der Waals surface area contributed by atoms with Gasteiger partial charge in [0.05, 0.1) is 39.4 Å². The fourth-order valence-corrected chi connectivity index (χ4v) is 2.78. The molecule has 0 radical (unpaired) electrons. The predicted octanol–water partition coefficient (Wildman–Crippen LogP) is 3.52. The molecular weight excluding hydrogens is 419 g/mol. The molecule has 0 aliphatic heterocycles. The summed E-state index contributed by atoms with van der Waals surface area (Å²) in [4.78, 5) is 24.2. The van der Waals surface area contributed by atoms with Crippen molar-refractivity contribution in [1.29, 1.82) is 0 Å². The van der Waals surface area contributed by atoms with Crippen LogP contribution >= 0.6 is 0 Å². The normalized spacial score (nSPS) is 11.9. The smallest absolute Gasteiger partial charge is 0.419 e. The first kappa shape index (κ1) is 23.8. The third kappa shape index (κ3) is 6.53. The zero-order valence-electron chi connectivity index (χ0n) is 17.1. The lowest BCUT2D eigenvalue weighted by Gasteiger charge is -2.20. The van der Waals surface area contributed by atoms with Crippen LogP contribution in [0.1, 0.15) is 23.6 Å². The van der Waals surface area contributed by atoms with E-state index in [0.29, 0.717) is 17.1 Å². The van der Waals surface area contributed by atoms with Crippen LogP contribution in [0.15, 0.2) is 42.5 Å². The third-order valence-electron chi connectivity index (χ3n) is 4.29. The number of carbonyl (C=O) groups is 2. The molecule has 0 aliphatic rings. The molecule has 0 bridgehead atoms. The van der Waals surface area contributed by atoms with E-state index in [1.807, 2.05) is 0 Å². The highest BCUT2D eigenvalue weighted by molar-refractivity contribution is 5.79. The van der Waals surface area contributed by atoms with Crippen molar-refractivity contribution < 1.29 is 41.7 Å². The zero-order valence-corrected chi connectivity index (χ0v) is 17.1. The van der Waals surface area contributed by atoms with E-state index in [1.165, 1.54) is 33.5 Å². The highest BCUT2D eigenvalue weighted by Crippen LogP contribution is 2.36. The van der Waals surface area contributed by atoms with Crippen molar-refractivity contribution in [1.82, 2.24) is 5.32 Å². The van der Waals surface area contributed by atoms with Crippen LogP contribution in [0, 0.1) is 0 Å². The minimum Gasteiger partial charge on any atom is -0.493 e. The lowest BCUT2D eigenvalue weighted by Crippen LogP contribution is -2.34. The quantitative estimate of drug-likeness (QED) is 0.600. The lowest BCUT2D eigenvalue weighted by molar-refractivity contribution is -0.142. The maximum absolute atomic E-state index is 13.1. The molecule has 0 aromatic heterocycles. The minimum atomic E-state index is -4.62. The van der Waals surface area contributed by atoms with Crippen molar-refractivity contribution >= 4 is 11.9 Å². The van der Waals surface area contributed by atoms with Crippen LogP contribution in [-0.4, -0.2) is 39.8 Å². The van der Waals surface area contributed by atoms with E-state index >= 15 is 0 Å². The number of hydrogen-bond acceptors (Lipinski definition) is 6. The van der Waals surface area contributed by atoms with Gasteiger partial charge in [-0.25, -0.2) is 0 Å². The van der Waals surface area contributed by atoms with Gasteiger partial charge in [-0.1, -0.05) is 18.2 Å². The summed E-state index contributed by atoms with van der Waals surface area (Å²) in [7, 11) is 4.09. The van der Waals surface area contributed by atoms with E-state index in [2.05, 4.69) is 10.1 Å². The molecule has 2 aromatic carbocycles. The van der Waals surface area contributed by atoms with E-state index in [-0.39, 0.29) is 6.42 Å². The average molecular weight is 441 g/mol. The summed E-state index contributed by atoms with van der Waals surface area (Å²) in [5.41, 5.74) is -0.485. The first-order chi connectivity index (χ1) is 14.7. The topological polar surface area (TPSA) is 83.1 Å².